The molecule has 2 aromatic rings. The Bertz CT molecular complexity index is 845. The standard InChI is InChI=1S/C18H23N5O2S/c1-11-9-19-10-20-16(11)14-4-6-23(7-5-14)17(25)13(3)26-18-21-12(2)8-15(24)22-18/h8-10,13-14H,4-7H2,1-3H3,(H,21,22,24)/t13-/m0/s1. The molecule has 1 amide bonds. The third-order valence-corrected chi connectivity index (χ3v) is 5.59. The second-order valence-corrected chi connectivity index (χ2v) is 7.97. The lowest BCUT2D eigenvalue weighted by molar-refractivity contribution is -0.131. The maximum Gasteiger partial charge on any atom is 0.251 e. The fourth-order valence-corrected chi connectivity index (χ4v) is 4.23. The van der Waals surface area contributed by atoms with Gasteiger partial charge in [-0.2, -0.15) is 0 Å². The molecule has 1 N–H and O–H groups in total. The Morgan fingerprint density at radius 3 is 2.73 bits per heavy atom. The Hall–Kier alpha value is -2.22. The number of aryl methyl sites for hydroxylation is 2. The van der Waals surface area contributed by atoms with Gasteiger partial charge >= 0.3 is 0 Å². The second kappa shape index (κ2) is 7.99. The number of hydrogen-bond acceptors (Lipinski definition) is 6. The first kappa shape index (κ1) is 18.6. The van der Waals surface area contributed by atoms with Gasteiger partial charge < -0.3 is 9.88 Å². The van der Waals surface area contributed by atoms with Crippen molar-refractivity contribution in [2.45, 2.75) is 49.9 Å². The van der Waals surface area contributed by atoms with Gasteiger partial charge in [-0.25, -0.2) is 15.0 Å². The van der Waals surface area contributed by atoms with Crippen LogP contribution in [0.1, 0.15) is 42.6 Å². The number of nitrogens with zero attached hydrogens (tertiary/aromatic N) is 4. The van der Waals surface area contributed by atoms with Crippen LogP contribution >= 0.6 is 11.8 Å². The van der Waals surface area contributed by atoms with Crippen molar-refractivity contribution < 1.29 is 4.79 Å². The van der Waals surface area contributed by atoms with Crippen LogP contribution in [0.15, 0.2) is 28.5 Å². The van der Waals surface area contributed by atoms with Crippen LogP contribution in [0.5, 0.6) is 0 Å². The van der Waals surface area contributed by atoms with Crippen LogP contribution in [-0.4, -0.2) is 49.1 Å². The normalized spacial score (nSPS) is 16.5. The number of piperidine rings is 1. The number of amides is 1. The van der Waals surface area contributed by atoms with Crippen LogP contribution in [0.2, 0.25) is 0 Å². The maximum absolute atomic E-state index is 12.7. The highest BCUT2D eigenvalue weighted by molar-refractivity contribution is 8.00. The van der Waals surface area contributed by atoms with Gasteiger partial charge in [0.15, 0.2) is 5.16 Å². The predicted octanol–water partition coefficient (Wildman–Crippen LogP) is 2.06. The topological polar surface area (TPSA) is 91.8 Å². The molecule has 0 radical (unpaired) electrons. The first-order chi connectivity index (χ1) is 12.4. The van der Waals surface area contributed by atoms with Gasteiger partial charge in [0.05, 0.1) is 5.25 Å². The van der Waals surface area contributed by atoms with Crippen molar-refractivity contribution in [3.63, 3.8) is 0 Å². The van der Waals surface area contributed by atoms with E-state index in [1.807, 2.05) is 24.9 Å². The number of aromatic amines is 1. The maximum atomic E-state index is 12.7. The Kier molecular flexibility index (Phi) is 5.70. The molecule has 0 saturated carbocycles. The van der Waals surface area contributed by atoms with E-state index >= 15 is 0 Å². The molecule has 0 unspecified atom stereocenters. The molecule has 1 fully saturated rings. The lowest BCUT2D eigenvalue weighted by Gasteiger charge is -2.33. The predicted molar refractivity (Wildman–Crippen MR) is 100 cm³/mol. The molecule has 8 heteroatoms. The van der Waals surface area contributed by atoms with Crippen molar-refractivity contribution in [3.05, 3.63) is 45.9 Å². The van der Waals surface area contributed by atoms with E-state index in [9.17, 15) is 9.59 Å². The van der Waals surface area contributed by atoms with Gasteiger partial charge in [0, 0.05) is 42.7 Å². The van der Waals surface area contributed by atoms with Crippen LogP contribution in [0.4, 0.5) is 0 Å². The van der Waals surface area contributed by atoms with Gasteiger partial charge in [0.2, 0.25) is 5.91 Å². The third kappa shape index (κ3) is 4.30. The Morgan fingerprint density at radius 1 is 1.35 bits per heavy atom. The monoisotopic (exact) mass is 373 g/mol. The minimum atomic E-state index is -0.294. The number of carbonyl (C=O) groups excluding carboxylic acids is 1. The minimum Gasteiger partial charge on any atom is -0.342 e. The SMILES string of the molecule is Cc1cc(=O)[nH]c(S[C@@H](C)C(=O)N2CCC(c3ncncc3C)CC2)n1. The van der Waals surface area contributed by atoms with Crippen LogP contribution in [0.25, 0.3) is 0 Å². The largest absolute Gasteiger partial charge is 0.342 e. The number of carbonyl (C=O) groups is 1. The number of likely N-dealkylation sites (tertiary alicyclic amines) is 1. The summed E-state index contributed by atoms with van der Waals surface area (Å²) < 4.78 is 0. The van der Waals surface area contributed by atoms with E-state index in [4.69, 9.17) is 0 Å². The van der Waals surface area contributed by atoms with Crippen molar-refractivity contribution in [1.82, 2.24) is 24.8 Å². The molecule has 138 valence electrons. The summed E-state index contributed by atoms with van der Waals surface area (Å²) in [5, 5.41) is 0.194. The molecule has 1 aliphatic rings. The summed E-state index contributed by atoms with van der Waals surface area (Å²) in [4.78, 5) is 41.6. The Morgan fingerprint density at radius 2 is 2.08 bits per heavy atom. The highest BCUT2D eigenvalue weighted by Crippen LogP contribution is 2.29. The molecular weight excluding hydrogens is 350 g/mol. The molecule has 1 atom stereocenters. The number of thioether (sulfide) groups is 1. The van der Waals surface area contributed by atoms with Gasteiger partial charge in [-0.15, -0.1) is 0 Å². The van der Waals surface area contributed by atoms with E-state index in [0.29, 0.717) is 16.8 Å². The molecule has 1 saturated heterocycles. The third-order valence-electron chi connectivity index (χ3n) is 4.61. The van der Waals surface area contributed by atoms with Crippen molar-refractivity contribution in [2.75, 3.05) is 13.1 Å². The zero-order valence-electron chi connectivity index (χ0n) is 15.2. The van der Waals surface area contributed by atoms with Crippen molar-refractivity contribution in [3.8, 4) is 0 Å². The molecule has 0 spiro atoms. The molecule has 1 aliphatic heterocycles. The van der Waals surface area contributed by atoms with E-state index in [2.05, 4.69) is 19.9 Å². The first-order valence-corrected chi connectivity index (χ1v) is 9.62. The van der Waals surface area contributed by atoms with Crippen molar-refractivity contribution in [2.24, 2.45) is 0 Å². The highest BCUT2D eigenvalue weighted by atomic mass is 32.2. The summed E-state index contributed by atoms with van der Waals surface area (Å²) in [6.07, 6.45) is 5.24. The van der Waals surface area contributed by atoms with E-state index in [0.717, 1.165) is 37.2 Å². The van der Waals surface area contributed by atoms with Crippen LogP contribution in [-0.2, 0) is 4.79 Å². The fourth-order valence-electron chi connectivity index (χ4n) is 3.29. The van der Waals surface area contributed by atoms with E-state index in [1.165, 1.54) is 17.8 Å². The quantitative estimate of drug-likeness (QED) is 0.651. The number of H-pyrrole nitrogens is 1. The first-order valence-electron chi connectivity index (χ1n) is 8.74. The van der Waals surface area contributed by atoms with Gasteiger partial charge in [0.1, 0.15) is 6.33 Å². The average Bonchev–Trinajstić information content (AvgIpc) is 2.61. The van der Waals surface area contributed by atoms with Crippen LogP contribution in [0, 0.1) is 13.8 Å². The van der Waals surface area contributed by atoms with Crippen molar-refractivity contribution in [1.29, 1.82) is 0 Å². The lowest BCUT2D eigenvalue weighted by Crippen LogP contribution is -2.42. The van der Waals surface area contributed by atoms with Crippen LogP contribution < -0.4 is 5.56 Å². The van der Waals surface area contributed by atoms with Gasteiger partial charge in [0.25, 0.3) is 5.56 Å². The summed E-state index contributed by atoms with van der Waals surface area (Å²) in [6.45, 7) is 7.09. The molecule has 0 aliphatic carbocycles. The molecule has 3 heterocycles. The summed E-state index contributed by atoms with van der Waals surface area (Å²) in [6, 6.07) is 1.44. The number of aromatic nitrogens is 4. The van der Waals surface area contributed by atoms with Gasteiger partial charge in [-0.3, -0.25) is 9.59 Å². The molecular formula is C18H23N5O2S. The van der Waals surface area contributed by atoms with Gasteiger partial charge in [-0.1, -0.05) is 11.8 Å². The zero-order chi connectivity index (χ0) is 18.7. The molecule has 7 nitrogen and oxygen atoms in total. The molecule has 0 aromatic carbocycles. The van der Waals surface area contributed by atoms with Crippen molar-refractivity contribution >= 4 is 17.7 Å². The number of nitrogens with one attached hydrogen (secondary N) is 1. The smallest absolute Gasteiger partial charge is 0.251 e. The summed E-state index contributed by atoms with van der Waals surface area (Å²) in [5.41, 5.74) is 2.66. The Balaban J connectivity index is 1.59. The average molecular weight is 373 g/mol. The number of hydrogen-bond donors (Lipinski definition) is 1. The summed E-state index contributed by atoms with van der Waals surface area (Å²) in [7, 11) is 0. The molecule has 3 rings (SSSR count). The van der Waals surface area contributed by atoms with Gasteiger partial charge in [-0.05, 0) is 39.2 Å². The molecule has 0 bridgehead atoms. The Labute approximate surface area is 156 Å². The highest BCUT2D eigenvalue weighted by Gasteiger charge is 2.28. The molecule has 2 aromatic heterocycles. The summed E-state index contributed by atoms with van der Waals surface area (Å²) in [5.74, 6) is 0.455. The minimum absolute atomic E-state index is 0.0806. The summed E-state index contributed by atoms with van der Waals surface area (Å²) >= 11 is 1.29. The number of rotatable bonds is 4. The zero-order valence-corrected chi connectivity index (χ0v) is 16.0. The van der Waals surface area contributed by atoms with Crippen LogP contribution in [0.3, 0.4) is 0 Å². The van der Waals surface area contributed by atoms with E-state index in [-0.39, 0.29) is 16.7 Å². The second-order valence-electron chi connectivity index (χ2n) is 6.64. The van der Waals surface area contributed by atoms with E-state index < -0.39 is 0 Å². The lowest BCUT2D eigenvalue weighted by atomic mass is 9.91. The fraction of sp³-hybridized carbons (Fsp3) is 0.500. The molecule has 26 heavy (non-hydrogen) atoms. The van der Waals surface area contributed by atoms with E-state index in [1.54, 1.807) is 13.3 Å².